The lowest BCUT2D eigenvalue weighted by molar-refractivity contribution is -0.136. The van der Waals surface area contributed by atoms with Crippen molar-refractivity contribution in [1.29, 1.82) is 0 Å². The molecular formula is C20H16BrNO5. The third-order valence-corrected chi connectivity index (χ3v) is 4.37. The van der Waals surface area contributed by atoms with Crippen LogP contribution in [0.25, 0.3) is 27.8 Å². The van der Waals surface area contributed by atoms with Crippen LogP contribution in [0.5, 0.6) is 0 Å². The van der Waals surface area contributed by atoms with Crippen molar-refractivity contribution in [2.24, 2.45) is 0 Å². The predicted molar refractivity (Wildman–Crippen MR) is 105 cm³/mol. The molecule has 0 atom stereocenters. The Kier molecular flexibility index (Phi) is 5.41. The van der Waals surface area contributed by atoms with E-state index in [2.05, 4.69) is 20.9 Å². The topological polar surface area (TPSA) is 89.6 Å². The van der Waals surface area contributed by atoms with E-state index in [1.165, 1.54) is 6.92 Å². The van der Waals surface area contributed by atoms with E-state index in [0.29, 0.717) is 15.6 Å². The Bertz CT molecular complexity index is 1100. The third kappa shape index (κ3) is 3.64. The zero-order valence-corrected chi connectivity index (χ0v) is 16.2. The summed E-state index contributed by atoms with van der Waals surface area (Å²) in [5.74, 6) is -0.881. The van der Waals surface area contributed by atoms with Crippen LogP contribution in [0.3, 0.4) is 0 Å². The largest absolute Gasteiger partial charge is 0.512 e. The van der Waals surface area contributed by atoms with Gasteiger partial charge in [0.15, 0.2) is 5.76 Å². The van der Waals surface area contributed by atoms with Gasteiger partial charge in [0.05, 0.1) is 12.0 Å². The second kappa shape index (κ2) is 7.75. The van der Waals surface area contributed by atoms with Crippen molar-refractivity contribution >= 4 is 38.2 Å². The first-order valence-electron chi connectivity index (χ1n) is 8.19. The summed E-state index contributed by atoms with van der Waals surface area (Å²) in [4.78, 5) is 29.3. The van der Waals surface area contributed by atoms with E-state index in [1.807, 2.05) is 0 Å². The highest BCUT2D eigenvalue weighted by atomic mass is 79.9. The van der Waals surface area contributed by atoms with Gasteiger partial charge in [0.2, 0.25) is 0 Å². The summed E-state index contributed by atoms with van der Waals surface area (Å²) in [6.45, 7) is 3.18. The number of hydrogen-bond acceptors (Lipinski definition) is 6. The summed E-state index contributed by atoms with van der Waals surface area (Å²) >= 11 is 3.38. The van der Waals surface area contributed by atoms with Crippen molar-refractivity contribution in [3.05, 3.63) is 68.8 Å². The highest BCUT2D eigenvalue weighted by Crippen LogP contribution is 2.35. The molecule has 2 aromatic heterocycles. The Labute approximate surface area is 163 Å². The Morgan fingerprint density at radius 1 is 1.26 bits per heavy atom. The van der Waals surface area contributed by atoms with Gasteiger partial charge in [0, 0.05) is 21.6 Å². The van der Waals surface area contributed by atoms with Gasteiger partial charge in [-0.1, -0.05) is 22.0 Å². The average Bonchev–Trinajstić information content (AvgIpc) is 2.64. The molecule has 0 aliphatic carbocycles. The van der Waals surface area contributed by atoms with Crippen LogP contribution in [0.1, 0.15) is 19.4 Å². The lowest BCUT2D eigenvalue weighted by Crippen LogP contribution is -2.13. The van der Waals surface area contributed by atoms with Crippen molar-refractivity contribution in [3.63, 3.8) is 0 Å². The van der Waals surface area contributed by atoms with Gasteiger partial charge in [-0.3, -0.25) is 4.98 Å². The number of hydrogen-bond donors (Lipinski definition) is 1. The molecule has 2 heterocycles. The standard InChI is InChI=1S/C20H16BrNO5/c1-3-26-20(25)16(11(2)23)17-14-10-12(21)7-8-13(14)19(24)27-18(17)15-6-4-5-9-22-15/h4-10,23H,3H2,1-2H3/b16-11+. The molecule has 0 unspecified atom stereocenters. The molecular weight excluding hydrogens is 414 g/mol. The molecule has 0 saturated carbocycles. The summed E-state index contributed by atoms with van der Waals surface area (Å²) in [6.07, 6.45) is 1.55. The zero-order valence-electron chi connectivity index (χ0n) is 14.7. The predicted octanol–water partition coefficient (Wildman–Crippen LogP) is 4.47. The molecule has 3 aromatic rings. The third-order valence-electron chi connectivity index (χ3n) is 3.88. The van der Waals surface area contributed by atoms with Crippen LogP contribution >= 0.6 is 15.9 Å². The summed E-state index contributed by atoms with van der Waals surface area (Å²) < 4.78 is 11.3. The molecule has 0 spiro atoms. The van der Waals surface area contributed by atoms with Crippen LogP contribution in [0, 0.1) is 0 Å². The quantitative estimate of drug-likeness (QED) is 0.373. The van der Waals surface area contributed by atoms with Crippen LogP contribution in [0.2, 0.25) is 0 Å². The fourth-order valence-corrected chi connectivity index (χ4v) is 3.14. The molecule has 0 saturated heterocycles. The van der Waals surface area contributed by atoms with E-state index < -0.39 is 11.6 Å². The Balaban J connectivity index is 2.49. The number of aliphatic hydroxyl groups is 1. The Morgan fingerprint density at radius 3 is 2.67 bits per heavy atom. The van der Waals surface area contributed by atoms with Gasteiger partial charge < -0.3 is 14.3 Å². The van der Waals surface area contributed by atoms with Crippen LogP contribution in [-0.2, 0) is 9.53 Å². The van der Waals surface area contributed by atoms with E-state index in [9.17, 15) is 14.7 Å². The molecule has 6 nitrogen and oxygen atoms in total. The first kappa shape index (κ1) is 18.8. The molecule has 0 radical (unpaired) electrons. The number of halogens is 1. The number of benzene rings is 1. The van der Waals surface area contributed by atoms with E-state index in [1.54, 1.807) is 49.5 Å². The molecule has 0 amide bonds. The average molecular weight is 430 g/mol. The van der Waals surface area contributed by atoms with Crippen LogP contribution in [0.15, 0.2) is 62.0 Å². The van der Waals surface area contributed by atoms with Gasteiger partial charge in [0.1, 0.15) is 17.0 Å². The monoisotopic (exact) mass is 429 g/mol. The second-order valence-electron chi connectivity index (χ2n) is 5.68. The van der Waals surface area contributed by atoms with Crippen LogP contribution in [0.4, 0.5) is 0 Å². The maximum atomic E-state index is 12.6. The number of fused-ring (bicyclic) bond motifs is 1. The molecule has 3 rings (SSSR count). The summed E-state index contributed by atoms with van der Waals surface area (Å²) in [5.41, 5.74) is -0.0392. The molecule has 0 fully saturated rings. The van der Waals surface area contributed by atoms with Gasteiger partial charge in [-0.25, -0.2) is 9.59 Å². The van der Waals surface area contributed by atoms with Crippen molar-refractivity contribution in [3.8, 4) is 11.5 Å². The number of aromatic nitrogens is 1. The number of aliphatic hydroxyl groups excluding tert-OH is 1. The number of pyridine rings is 1. The lowest BCUT2D eigenvalue weighted by atomic mass is 9.96. The zero-order chi connectivity index (χ0) is 19.6. The molecule has 7 heteroatoms. The number of esters is 1. The van der Waals surface area contributed by atoms with Crippen molar-refractivity contribution < 1.29 is 19.1 Å². The number of carbonyl (C=O) groups is 1. The fourth-order valence-electron chi connectivity index (χ4n) is 2.78. The van der Waals surface area contributed by atoms with Crippen molar-refractivity contribution in [1.82, 2.24) is 4.98 Å². The minimum absolute atomic E-state index is 0.0793. The minimum Gasteiger partial charge on any atom is -0.512 e. The molecule has 27 heavy (non-hydrogen) atoms. The van der Waals surface area contributed by atoms with E-state index >= 15 is 0 Å². The highest BCUT2D eigenvalue weighted by Gasteiger charge is 2.27. The number of carbonyl (C=O) groups excluding carboxylic acids is 1. The lowest BCUT2D eigenvalue weighted by Gasteiger charge is -2.14. The normalized spacial score (nSPS) is 12.0. The number of rotatable bonds is 4. The number of nitrogens with zero attached hydrogens (tertiary/aromatic N) is 1. The van der Waals surface area contributed by atoms with Crippen LogP contribution < -0.4 is 5.63 Å². The van der Waals surface area contributed by atoms with Gasteiger partial charge in [0.25, 0.3) is 0 Å². The Morgan fingerprint density at radius 2 is 2.04 bits per heavy atom. The SMILES string of the molecule is CCOC(=O)/C(=C(\C)O)c1c(-c2ccccn2)oc(=O)c2ccc(Br)cc12. The molecule has 1 N–H and O–H groups in total. The maximum absolute atomic E-state index is 12.6. The molecule has 0 aliphatic heterocycles. The molecule has 0 aliphatic rings. The van der Waals surface area contributed by atoms with Gasteiger partial charge in [-0.2, -0.15) is 0 Å². The van der Waals surface area contributed by atoms with Gasteiger partial charge in [-0.05, 0) is 44.2 Å². The first-order chi connectivity index (χ1) is 12.9. The molecule has 0 bridgehead atoms. The van der Waals surface area contributed by atoms with Gasteiger partial charge >= 0.3 is 11.6 Å². The van der Waals surface area contributed by atoms with Crippen molar-refractivity contribution in [2.45, 2.75) is 13.8 Å². The van der Waals surface area contributed by atoms with Crippen molar-refractivity contribution in [2.75, 3.05) is 6.61 Å². The number of allylic oxidation sites excluding steroid dienone is 1. The summed E-state index contributed by atoms with van der Waals surface area (Å²) in [5, 5.41) is 11.0. The summed E-state index contributed by atoms with van der Waals surface area (Å²) in [7, 11) is 0. The summed E-state index contributed by atoms with van der Waals surface area (Å²) in [6, 6.07) is 10.1. The highest BCUT2D eigenvalue weighted by molar-refractivity contribution is 9.10. The smallest absolute Gasteiger partial charge is 0.344 e. The van der Waals surface area contributed by atoms with Gasteiger partial charge in [-0.15, -0.1) is 0 Å². The second-order valence-corrected chi connectivity index (χ2v) is 6.60. The molecule has 1 aromatic carbocycles. The van der Waals surface area contributed by atoms with E-state index in [4.69, 9.17) is 9.15 Å². The van der Waals surface area contributed by atoms with E-state index in [-0.39, 0.29) is 34.6 Å². The first-order valence-corrected chi connectivity index (χ1v) is 8.98. The molecule has 138 valence electrons. The fraction of sp³-hybridized carbons (Fsp3) is 0.150. The number of ether oxygens (including phenoxy) is 1. The van der Waals surface area contributed by atoms with E-state index in [0.717, 1.165) is 0 Å². The minimum atomic E-state index is -0.718. The Hall–Kier alpha value is -2.93. The van der Waals surface area contributed by atoms with Crippen LogP contribution in [-0.4, -0.2) is 22.7 Å². The maximum Gasteiger partial charge on any atom is 0.344 e.